The Morgan fingerprint density at radius 1 is 1.32 bits per heavy atom. The van der Waals surface area contributed by atoms with Crippen molar-refractivity contribution < 1.29 is 4.21 Å². The maximum Gasteiger partial charge on any atom is 0.123 e. The molecule has 22 heavy (non-hydrogen) atoms. The van der Waals surface area contributed by atoms with Crippen molar-refractivity contribution in [1.82, 2.24) is 4.72 Å². The molecule has 4 N–H and O–H groups in total. The van der Waals surface area contributed by atoms with E-state index in [-0.39, 0.29) is 16.6 Å². The highest BCUT2D eigenvalue weighted by molar-refractivity contribution is 7.84. The molecule has 2 rings (SSSR count). The first-order valence-corrected chi connectivity index (χ1v) is 8.98. The fraction of sp³-hybridized carbons (Fsp3) is 0.312. The summed E-state index contributed by atoms with van der Waals surface area (Å²) in [4.78, 5) is 0.994. The van der Waals surface area contributed by atoms with E-state index in [0.717, 1.165) is 10.4 Å². The maximum absolute atomic E-state index is 12.5. The van der Waals surface area contributed by atoms with E-state index in [1.54, 1.807) is 0 Å². The minimum atomic E-state index is -1.20. The van der Waals surface area contributed by atoms with Crippen LogP contribution in [0, 0.1) is 5.41 Å². The van der Waals surface area contributed by atoms with Gasteiger partial charge in [-0.2, -0.15) is 0 Å². The van der Waals surface area contributed by atoms with E-state index < -0.39 is 11.0 Å². The normalized spacial score (nSPS) is 14.5. The average Bonchev–Trinajstić information content (AvgIpc) is 2.94. The minimum absolute atomic E-state index is 0.0475. The van der Waals surface area contributed by atoms with Gasteiger partial charge in [0.2, 0.25) is 0 Å². The maximum atomic E-state index is 12.5. The summed E-state index contributed by atoms with van der Waals surface area (Å²) >= 11 is 1.52. The van der Waals surface area contributed by atoms with Crippen LogP contribution < -0.4 is 10.5 Å². The van der Waals surface area contributed by atoms with Crippen molar-refractivity contribution in [1.29, 1.82) is 5.41 Å². The summed E-state index contributed by atoms with van der Waals surface area (Å²) in [5, 5.41) is 9.40. The highest BCUT2D eigenvalue weighted by atomic mass is 32.2. The van der Waals surface area contributed by atoms with Gasteiger partial charge in [0.05, 0.1) is 21.8 Å². The Morgan fingerprint density at radius 2 is 1.95 bits per heavy atom. The first kappa shape index (κ1) is 16.9. The van der Waals surface area contributed by atoms with E-state index >= 15 is 0 Å². The number of nitrogens with two attached hydrogens (primary N) is 1. The van der Waals surface area contributed by atoms with Gasteiger partial charge in [0, 0.05) is 15.8 Å². The smallest absolute Gasteiger partial charge is 0.123 e. The number of thiophene rings is 1. The summed E-state index contributed by atoms with van der Waals surface area (Å²) in [5.74, 6) is 0.0475. The Labute approximate surface area is 137 Å². The van der Waals surface area contributed by atoms with Crippen molar-refractivity contribution in [3.8, 4) is 0 Å². The molecular weight excluding hydrogens is 314 g/mol. The lowest BCUT2D eigenvalue weighted by Gasteiger charge is -2.24. The highest BCUT2D eigenvalue weighted by Crippen LogP contribution is 2.29. The zero-order valence-electron chi connectivity index (χ0n) is 12.9. The van der Waals surface area contributed by atoms with Crippen molar-refractivity contribution in [2.75, 3.05) is 0 Å². The number of hydrogen-bond donors (Lipinski definition) is 3. The van der Waals surface area contributed by atoms with Crippen LogP contribution in [0.1, 0.15) is 42.8 Å². The third-order valence-corrected chi connectivity index (χ3v) is 5.69. The quantitative estimate of drug-likeness (QED) is 0.579. The van der Waals surface area contributed by atoms with Gasteiger partial charge < -0.3 is 5.73 Å². The van der Waals surface area contributed by atoms with E-state index in [9.17, 15) is 4.21 Å². The average molecular weight is 335 g/mol. The Balaban J connectivity index is 2.37. The Bertz CT molecular complexity index is 674. The van der Waals surface area contributed by atoms with Gasteiger partial charge >= 0.3 is 0 Å². The van der Waals surface area contributed by atoms with Gasteiger partial charge in [-0.25, -0.2) is 8.93 Å². The highest BCUT2D eigenvalue weighted by Gasteiger charge is 2.25. The van der Waals surface area contributed by atoms with Crippen LogP contribution >= 0.6 is 11.3 Å². The minimum Gasteiger partial charge on any atom is -0.384 e. The van der Waals surface area contributed by atoms with E-state index in [1.165, 1.54) is 11.3 Å². The molecule has 118 valence electrons. The molecule has 0 saturated carbocycles. The second kappa shape index (κ2) is 6.73. The van der Waals surface area contributed by atoms with Crippen LogP contribution in [0.15, 0.2) is 41.8 Å². The van der Waals surface area contributed by atoms with Crippen molar-refractivity contribution in [2.45, 2.75) is 31.6 Å². The fourth-order valence-electron chi connectivity index (χ4n) is 1.87. The molecule has 6 heteroatoms. The number of amidine groups is 1. The monoisotopic (exact) mass is 335 g/mol. The number of hydrogen-bond acceptors (Lipinski definition) is 3. The second-order valence-electron chi connectivity index (χ2n) is 5.99. The molecule has 1 unspecified atom stereocenters. The third kappa shape index (κ3) is 4.03. The molecule has 1 aromatic heterocycles. The van der Waals surface area contributed by atoms with Gasteiger partial charge in [-0.05, 0) is 32.4 Å². The first-order chi connectivity index (χ1) is 10.3. The van der Waals surface area contributed by atoms with Crippen LogP contribution in [0.25, 0.3) is 0 Å². The summed E-state index contributed by atoms with van der Waals surface area (Å²) in [5.41, 5.74) is 7.28. The van der Waals surface area contributed by atoms with Crippen LogP contribution in [-0.4, -0.2) is 14.8 Å². The number of nitrogens with one attached hydrogen (secondary N) is 2. The van der Waals surface area contributed by atoms with Crippen LogP contribution in [-0.2, 0) is 11.0 Å². The van der Waals surface area contributed by atoms with Crippen LogP contribution in [0.3, 0.4) is 0 Å². The molecule has 0 bridgehead atoms. The summed E-state index contributed by atoms with van der Waals surface area (Å²) in [6, 6.07) is 11.6. The Hall–Kier alpha value is -1.50. The van der Waals surface area contributed by atoms with Gasteiger partial charge in [-0.3, -0.25) is 5.41 Å². The standard InChI is InChI=1S/C16H21N3OS2/c1-16(2,3)22(20)19-14(11-7-5-4-6-8-11)13-9-12(10-21-13)15(17)18/h4-10,14,19H,1-3H3,(H3,17,18)/t14-,22?/m1/s1. The lowest BCUT2D eigenvalue weighted by atomic mass is 10.1. The molecule has 0 aliphatic carbocycles. The molecule has 1 aromatic carbocycles. The molecule has 0 radical (unpaired) electrons. The predicted octanol–water partition coefficient (Wildman–Crippen LogP) is 3.17. The molecular formula is C16H21N3OS2. The predicted molar refractivity (Wildman–Crippen MR) is 94.7 cm³/mol. The van der Waals surface area contributed by atoms with Crippen molar-refractivity contribution in [3.05, 3.63) is 57.8 Å². The molecule has 1 heterocycles. The lowest BCUT2D eigenvalue weighted by molar-refractivity contribution is 0.625. The summed E-state index contributed by atoms with van der Waals surface area (Å²) in [6.45, 7) is 5.81. The fourth-order valence-corrected chi connectivity index (χ4v) is 3.75. The van der Waals surface area contributed by atoms with Gasteiger partial charge in [0.25, 0.3) is 0 Å². The zero-order valence-corrected chi connectivity index (χ0v) is 14.6. The van der Waals surface area contributed by atoms with Gasteiger partial charge in [0.15, 0.2) is 0 Å². The summed E-state index contributed by atoms with van der Waals surface area (Å²) in [6.07, 6.45) is 0. The van der Waals surface area contributed by atoms with Crippen molar-refractivity contribution in [3.63, 3.8) is 0 Å². The third-order valence-electron chi connectivity index (χ3n) is 3.13. The summed E-state index contributed by atoms with van der Waals surface area (Å²) < 4.78 is 15.4. The Morgan fingerprint density at radius 3 is 2.45 bits per heavy atom. The summed E-state index contributed by atoms with van der Waals surface area (Å²) in [7, 11) is -1.20. The topological polar surface area (TPSA) is 79.0 Å². The van der Waals surface area contributed by atoms with Crippen LogP contribution in [0.5, 0.6) is 0 Å². The molecule has 2 aromatic rings. The molecule has 0 saturated heterocycles. The zero-order chi connectivity index (χ0) is 16.3. The Kier molecular flexibility index (Phi) is 5.16. The molecule has 0 amide bonds. The van der Waals surface area contributed by atoms with Crippen LogP contribution in [0.2, 0.25) is 0 Å². The largest absolute Gasteiger partial charge is 0.384 e. The van der Waals surface area contributed by atoms with E-state index in [1.807, 2.05) is 62.5 Å². The number of nitrogen functional groups attached to an aromatic ring is 1. The first-order valence-electron chi connectivity index (χ1n) is 6.95. The second-order valence-corrected chi connectivity index (χ2v) is 8.93. The van der Waals surface area contributed by atoms with Gasteiger partial charge in [-0.15, -0.1) is 11.3 Å². The van der Waals surface area contributed by atoms with Gasteiger partial charge in [0.1, 0.15) is 5.84 Å². The van der Waals surface area contributed by atoms with Crippen molar-refractivity contribution >= 4 is 28.2 Å². The molecule has 2 atom stereocenters. The van der Waals surface area contributed by atoms with E-state index in [2.05, 4.69) is 4.72 Å². The molecule has 4 nitrogen and oxygen atoms in total. The molecule has 0 aliphatic heterocycles. The van der Waals surface area contributed by atoms with Crippen LogP contribution in [0.4, 0.5) is 0 Å². The SMILES string of the molecule is CC(C)(C)S(=O)N[C@H](c1ccccc1)c1cc(C(=N)N)cs1. The molecule has 0 aliphatic rings. The molecule has 0 fully saturated rings. The number of rotatable bonds is 5. The van der Waals surface area contributed by atoms with E-state index in [0.29, 0.717) is 5.56 Å². The van der Waals surface area contributed by atoms with Crippen molar-refractivity contribution in [2.24, 2.45) is 5.73 Å². The lowest BCUT2D eigenvalue weighted by Crippen LogP contribution is -2.35. The van der Waals surface area contributed by atoms with Gasteiger partial charge in [-0.1, -0.05) is 30.3 Å². The number of benzene rings is 1. The van der Waals surface area contributed by atoms with E-state index in [4.69, 9.17) is 11.1 Å². The molecule has 0 spiro atoms.